The maximum Gasteiger partial charge on any atom is 0.307 e. The smallest absolute Gasteiger partial charge is 0.307 e. The first-order valence-corrected chi connectivity index (χ1v) is 7.92. The summed E-state index contributed by atoms with van der Waals surface area (Å²) >= 11 is 0. The molecular formula is C19H26O4. The van der Waals surface area contributed by atoms with Gasteiger partial charge in [-0.1, -0.05) is 44.1 Å². The van der Waals surface area contributed by atoms with Crippen LogP contribution in [0.25, 0.3) is 5.57 Å². The van der Waals surface area contributed by atoms with Crippen molar-refractivity contribution >= 4 is 11.5 Å². The Bertz CT molecular complexity index is 558. The van der Waals surface area contributed by atoms with E-state index in [2.05, 4.69) is 6.92 Å². The fraction of sp³-hybridized carbons (Fsp3) is 0.421. The summed E-state index contributed by atoms with van der Waals surface area (Å²) in [5, 5.41) is 8.69. The highest BCUT2D eigenvalue weighted by molar-refractivity contribution is 5.71. The summed E-state index contributed by atoms with van der Waals surface area (Å²) in [6.07, 6.45) is 9.86. The molecule has 0 saturated heterocycles. The monoisotopic (exact) mass is 318 g/mol. The third kappa shape index (κ3) is 6.59. The molecule has 0 bridgehead atoms. The molecule has 0 unspecified atom stereocenters. The van der Waals surface area contributed by atoms with Gasteiger partial charge >= 0.3 is 5.97 Å². The van der Waals surface area contributed by atoms with Crippen molar-refractivity contribution in [3.8, 4) is 11.5 Å². The fourth-order valence-electron chi connectivity index (χ4n) is 2.28. The van der Waals surface area contributed by atoms with Crippen LogP contribution in [0.15, 0.2) is 36.4 Å². The quantitative estimate of drug-likeness (QED) is 0.502. The van der Waals surface area contributed by atoms with E-state index in [9.17, 15) is 4.79 Å². The van der Waals surface area contributed by atoms with Gasteiger partial charge < -0.3 is 14.6 Å². The minimum absolute atomic E-state index is 0.0324. The zero-order chi connectivity index (χ0) is 17.1. The van der Waals surface area contributed by atoms with Crippen LogP contribution in [0.3, 0.4) is 0 Å². The van der Waals surface area contributed by atoms with Gasteiger partial charge in [0.1, 0.15) is 0 Å². The number of unbranched alkanes of at least 4 members (excludes halogenated alkanes) is 2. The van der Waals surface area contributed by atoms with E-state index in [1.54, 1.807) is 20.3 Å². The van der Waals surface area contributed by atoms with Crippen LogP contribution < -0.4 is 9.47 Å². The zero-order valence-corrected chi connectivity index (χ0v) is 14.2. The first-order valence-electron chi connectivity index (χ1n) is 7.92. The molecule has 4 nitrogen and oxygen atoms in total. The molecule has 0 aliphatic carbocycles. The number of carboxylic acids is 1. The van der Waals surface area contributed by atoms with Crippen molar-refractivity contribution in [2.45, 2.75) is 39.0 Å². The first-order chi connectivity index (χ1) is 11.1. The van der Waals surface area contributed by atoms with Crippen LogP contribution >= 0.6 is 0 Å². The van der Waals surface area contributed by atoms with Crippen molar-refractivity contribution in [2.75, 3.05) is 14.2 Å². The predicted octanol–water partition coefficient (Wildman–Crippen LogP) is 4.70. The highest BCUT2D eigenvalue weighted by Crippen LogP contribution is 2.32. The molecule has 1 rings (SSSR count). The van der Waals surface area contributed by atoms with Crippen LogP contribution in [-0.2, 0) is 4.79 Å². The molecule has 1 aromatic rings. The molecule has 0 aliphatic rings. The second-order valence-corrected chi connectivity index (χ2v) is 5.24. The Balaban J connectivity index is 3.00. The molecule has 1 aromatic carbocycles. The second kappa shape index (κ2) is 10.5. The molecule has 0 radical (unpaired) electrons. The van der Waals surface area contributed by atoms with Gasteiger partial charge in [-0.25, -0.2) is 0 Å². The summed E-state index contributed by atoms with van der Waals surface area (Å²) < 4.78 is 10.6. The van der Waals surface area contributed by atoms with Gasteiger partial charge in [-0.15, -0.1) is 0 Å². The topological polar surface area (TPSA) is 55.8 Å². The highest BCUT2D eigenvalue weighted by atomic mass is 16.5. The van der Waals surface area contributed by atoms with Gasteiger partial charge in [-0.05, 0) is 36.1 Å². The van der Waals surface area contributed by atoms with Gasteiger partial charge in [-0.3, -0.25) is 4.79 Å². The number of hydrogen-bond donors (Lipinski definition) is 1. The number of allylic oxidation sites excluding steroid dienone is 3. The Morgan fingerprint density at radius 3 is 2.52 bits per heavy atom. The first kappa shape index (κ1) is 18.8. The average Bonchev–Trinajstić information content (AvgIpc) is 2.56. The molecule has 0 fully saturated rings. The van der Waals surface area contributed by atoms with Crippen LogP contribution in [0, 0.1) is 0 Å². The van der Waals surface area contributed by atoms with Crippen molar-refractivity contribution in [1.29, 1.82) is 0 Å². The average molecular weight is 318 g/mol. The Morgan fingerprint density at radius 1 is 1.17 bits per heavy atom. The lowest BCUT2D eigenvalue weighted by Crippen LogP contribution is -1.93. The molecule has 0 amide bonds. The molecule has 126 valence electrons. The number of hydrogen-bond acceptors (Lipinski definition) is 3. The van der Waals surface area contributed by atoms with E-state index in [-0.39, 0.29) is 6.42 Å². The highest BCUT2D eigenvalue weighted by Gasteiger charge is 2.07. The van der Waals surface area contributed by atoms with Gasteiger partial charge in [0, 0.05) is 0 Å². The number of carboxylic acid groups (broad SMARTS) is 1. The van der Waals surface area contributed by atoms with Crippen molar-refractivity contribution in [3.05, 3.63) is 42.0 Å². The van der Waals surface area contributed by atoms with E-state index >= 15 is 0 Å². The van der Waals surface area contributed by atoms with Crippen LogP contribution in [0.4, 0.5) is 0 Å². The maximum absolute atomic E-state index is 10.6. The summed E-state index contributed by atoms with van der Waals surface area (Å²) in [6, 6.07) is 5.86. The van der Waals surface area contributed by atoms with Gasteiger partial charge in [0.15, 0.2) is 11.5 Å². The van der Waals surface area contributed by atoms with Crippen molar-refractivity contribution in [3.63, 3.8) is 0 Å². The standard InChI is InChI=1S/C19H26O4/c1-4-5-6-9-15(10-7-8-11-19(20)21)16-12-13-17(22-2)18(14-16)23-3/h7-8,10,12-14H,4-6,9,11H2,1-3H3,(H,20,21)/b8-7+,15-10+. The maximum atomic E-state index is 10.6. The molecule has 23 heavy (non-hydrogen) atoms. The molecule has 0 aliphatic heterocycles. The van der Waals surface area contributed by atoms with Crippen LogP contribution in [0.2, 0.25) is 0 Å². The molecule has 0 spiro atoms. The molecule has 4 heteroatoms. The van der Waals surface area contributed by atoms with Gasteiger partial charge in [0.05, 0.1) is 20.6 Å². The van der Waals surface area contributed by atoms with E-state index in [4.69, 9.17) is 14.6 Å². The largest absolute Gasteiger partial charge is 0.493 e. The third-order valence-corrected chi connectivity index (χ3v) is 3.53. The van der Waals surface area contributed by atoms with Gasteiger partial charge in [0.2, 0.25) is 0 Å². The van der Waals surface area contributed by atoms with E-state index in [1.165, 1.54) is 12.0 Å². The fourth-order valence-corrected chi connectivity index (χ4v) is 2.28. The second-order valence-electron chi connectivity index (χ2n) is 5.24. The molecular weight excluding hydrogens is 292 g/mol. The third-order valence-electron chi connectivity index (χ3n) is 3.53. The van der Waals surface area contributed by atoms with Crippen LogP contribution in [0.1, 0.15) is 44.6 Å². The number of methoxy groups -OCH3 is 2. The summed E-state index contributed by atoms with van der Waals surface area (Å²) in [5.41, 5.74) is 2.24. The summed E-state index contributed by atoms with van der Waals surface area (Å²) in [4.78, 5) is 10.6. The van der Waals surface area contributed by atoms with E-state index in [0.717, 1.165) is 24.8 Å². The minimum Gasteiger partial charge on any atom is -0.493 e. The summed E-state index contributed by atoms with van der Waals surface area (Å²) in [6.45, 7) is 2.17. The molecule has 0 atom stereocenters. The number of ether oxygens (including phenoxy) is 2. The lowest BCUT2D eigenvalue weighted by Gasteiger charge is -2.12. The molecule has 0 aromatic heterocycles. The van der Waals surface area contributed by atoms with E-state index in [1.807, 2.05) is 30.4 Å². The van der Waals surface area contributed by atoms with Gasteiger partial charge in [0.25, 0.3) is 0 Å². The summed E-state index contributed by atoms with van der Waals surface area (Å²) in [5.74, 6) is 0.569. The zero-order valence-electron chi connectivity index (χ0n) is 14.2. The molecule has 1 N–H and O–H groups in total. The lowest BCUT2D eigenvalue weighted by molar-refractivity contribution is -0.136. The summed E-state index contributed by atoms with van der Waals surface area (Å²) in [7, 11) is 3.24. The van der Waals surface area contributed by atoms with Crippen molar-refractivity contribution in [2.24, 2.45) is 0 Å². The van der Waals surface area contributed by atoms with E-state index < -0.39 is 5.97 Å². The van der Waals surface area contributed by atoms with Gasteiger partial charge in [-0.2, -0.15) is 0 Å². The number of benzene rings is 1. The van der Waals surface area contributed by atoms with Crippen LogP contribution in [0.5, 0.6) is 11.5 Å². The minimum atomic E-state index is -0.826. The van der Waals surface area contributed by atoms with Crippen molar-refractivity contribution in [1.82, 2.24) is 0 Å². The Morgan fingerprint density at radius 2 is 1.91 bits per heavy atom. The van der Waals surface area contributed by atoms with Crippen LogP contribution in [-0.4, -0.2) is 25.3 Å². The van der Waals surface area contributed by atoms with Crippen molar-refractivity contribution < 1.29 is 19.4 Å². The predicted molar refractivity (Wildman–Crippen MR) is 93.1 cm³/mol. The lowest BCUT2D eigenvalue weighted by atomic mass is 9.98. The SMILES string of the molecule is CCCCC/C(=C\C=C\CC(=O)O)c1ccc(OC)c(OC)c1. The molecule has 0 heterocycles. The Hall–Kier alpha value is -2.23. The number of carbonyl (C=O) groups is 1. The molecule has 0 saturated carbocycles. The Kier molecular flexibility index (Phi) is 8.58. The normalized spacial score (nSPS) is 11.7. The number of aliphatic carboxylic acids is 1. The van der Waals surface area contributed by atoms with E-state index in [0.29, 0.717) is 11.5 Å². The number of rotatable bonds is 10. The Labute approximate surface area is 138 Å².